The van der Waals surface area contributed by atoms with Crippen molar-refractivity contribution < 1.29 is 5.11 Å². The van der Waals surface area contributed by atoms with Gasteiger partial charge in [-0.2, -0.15) is 0 Å². The zero-order valence-corrected chi connectivity index (χ0v) is 8.42. The number of rotatable bonds is 5. The van der Waals surface area contributed by atoms with E-state index in [0.717, 1.165) is 24.4 Å². The van der Waals surface area contributed by atoms with Gasteiger partial charge in [0, 0.05) is 12.6 Å². The molecule has 1 aromatic heterocycles. The van der Waals surface area contributed by atoms with E-state index >= 15 is 0 Å². The monoisotopic (exact) mass is 181 g/mol. The molecule has 0 bridgehead atoms. The van der Waals surface area contributed by atoms with Crippen molar-refractivity contribution in [3.63, 3.8) is 0 Å². The molecular formula is C10H17N2O. The van der Waals surface area contributed by atoms with Crippen molar-refractivity contribution in [2.24, 2.45) is 0 Å². The summed E-state index contributed by atoms with van der Waals surface area (Å²) in [5, 5.41) is 10.5. The molecule has 0 aliphatic heterocycles. The topological polar surface area (TPSA) is 37.7 Å². The number of hydrogen-bond acceptors (Lipinski definition) is 1. The minimum Gasteiger partial charge on any atom is -0.332 e. The second kappa shape index (κ2) is 5.02. The number of aromatic nitrogens is 2. The lowest BCUT2D eigenvalue weighted by Gasteiger charge is -2.03. The molecule has 0 aliphatic rings. The Hall–Kier alpha value is -0.830. The highest BCUT2D eigenvalue weighted by Gasteiger charge is 2.03. The lowest BCUT2D eigenvalue weighted by atomic mass is 10.2. The SMILES string of the molecule is CCCCc1nc(C)cn1CC[O]. The summed E-state index contributed by atoms with van der Waals surface area (Å²) in [6.45, 7) is 4.62. The van der Waals surface area contributed by atoms with Crippen LogP contribution in [0.1, 0.15) is 31.3 Å². The minimum atomic E-state index is -0.0606. The van der Waals surface area contributed by atoms with E-state index in [2.05, 4.69) is 11.9 Å². The Morgan fingerprint density at radius 3 is 2.92 bits per heavy atom. The molecule has 0 atom stereocenters. The van der Waals surface area contributed by atoms with Crippen LogP contribution in [0.2, 0.25) is 0 Å². The van der Waals surface area contributed by atoms with Crippen LogP contribution in [0.3, 0.4) is 0 Å². The van der Waals surface area contributed by atoms with Crippen molar-refractivity contribution in [1.82, 2.24) is 9.55 Å². The molecule has 73 valence electrons. The molecule has 1 rings (SSSR count). The summed E-state index contributed by atoms with van der Waals surface area (Å²) in [5.74, 6) is 1.07. The van der Waals surface area contributed by atoms with Gasteiger partial charge in [-0.05, 0) is 13.3 Å². The smallest absolute Gasteiger partial charge is 0.109 e. The molecule has 3 nitrogen and oxygen atoms in total. The summed E-state index contributed by atoms with van der Waals surface area (Å²) >= 11 is 0. The normalized spacial score (nSPS) is 10.7. The van der Waals surface area contributed by atoms with Gasteiger partial charge in [0.05, 0.1) is 12.2 Å². The number of unbranched alkanes of at least 4 members (excludes halogenated alkanes) is 1. The predicted octanol–water partition coefficient (Wildman–Crippen LogP) is 1.96. The zero-order valence-electron chi connectivity index (χ0n) is 8.42. The van der Waals surface area contributed by atoms with Crippen LogP contribution in [0.5, 0.6) is 0 Å². The first-order chi connectivity index (χ1) is 6.27. The van der Waals surface area contributed by atoms with Crippen molar-refractivity contribution in [1.29, 1.82) is 0 Å². The van der Waals surface area contributed by atoms with E-state index in [1.807, 2.05) is 17.7 Å². The summed E-state index contributed by atoms with van der Waals surface area (Å²) in [7, 11) is 0. The van der Waals surface area contributed by atoms with Gasteiger partial charge in [-0.1, -0.05) is 13.3 Å². The van der Waals surface area contributed by atoms with Crippen LogP contribution in [0.15, 0.2) is 6.20 Å². The third-order valence-electron chi connectivity index (χ3n) is 2.07. The second-order valence-corrected chi connectivity index (χ2v) is 3.30. The van der Waals surface area contributed by atoms with E-state index < -0.39 is 0 Å². The van der Waals surface area contributed by atoms with Crippen LogP contribution < -0.4 is 0 Å². The summed E-state index contributed by atoms with van der Waals surface area (Å²) in [4.78, 5) is 4.39. The Kier molecular flexibility index (Phi) is 3.96. The van der Waals surface area contributed by atoms with Crippen molar-refractivity contribution in [2.75, 3.05) is 6.61 Å². The van der Waals surface area contributed by atoms with Gasteiger partial charge in [0.2, 0.25) is 0 Å². The highest BCUT2D eigenvalue weighted by Crippen LogP contribution is 2.06. The molecule has 0 aliphatic carbocycles. The molecule has 1 radical (unpaired) electrons. The first-order valence-electron chi connectivity index (χ1n) is 4.88. The van der Waals surface area contributed by atoms with Crippen molar-refractivity contribution in [3.05, 3.63) is 17.7 Å². The van der Waals surface area contributed by atoms with Gasteiger partial charge < -0.3 is 4.57 Å². The number of nitrogens with zero attached hydrogens (tertiary/aromatic N) is 2. The maximum Gasteiger partial charge on any atom is 0.109 e. The van der Waals surface area contributed by atoms with Crippen LogP contribution in [0.4, 0.5) is 0 Å². The lowest BCUT2D eigenvalue weighted by Crippen LogP contribution is -2.05. The second-order valence-electron chi connectivity index (χ2n) is 3.30. The molecular weight excluding hydrogens is 164 g/mol. The first kappa shape index (κ1) is 10.3. The van der Waals surface area contributed by atoms with Crippen LogP contribution in [-0.4, -0.2) is 16.2 Å². The fourth-order valence-corrected chi connectivity index (χ4v) is 1.42. The Balaban J connectivity index is 2.66. The first-order valence-corrected chi connectivity index (χ1v) is 4.88. The molecule has 0 spiro atoms. The van der Waals surface area contributed by atoms with Gasteiger partial charge in [-0.3, -0.25) is 0 Å². The fourth-order valence-electron chi connectivity index (χ4n) is 1.42. The standard InChI is InChI=1S/C10H17N2O/c1-3-4-5-10-11-9(2)8-12(10)6-7-13/h8H,3-7H2,1-2H3. The Labute approximate surface area is 79.4 Å². The van der Waals surface area contributed by atoms with E-state index in [1.54, 1.807) is 0 Å². The molecule has 0 aromatic carbocycles. The zero-order chi connectivity index (χ0) is 9.68. The molecule has 0 N–H and O–H groups in total. The maximum atomic E-state index is 10.5. The fraction of sp³-hybridized carbons (Fsp3) is 0.700. The number of hydrogen-bond donors (Lipinski definition) is 0. The van der Waals surface area contributed by atoms with Crippen LogP contribution in [0.25, 0.3) is 0 Å². The predicted molar refractivity (Wildman–Crippen MR) is 51.1 cm³/mol. The van der Waals surface area contributed by atoms with Crippen molar-refractivity contribution in [2.45, 2.75) is 39.7 Å². The summed E-state index contributed by atoms with van der Waals surface area (Å²) < 4.78 is 1.98. The maximum absolute atomic E-state index is 10.5. The van der Waals surface area contributed by atoms with Crippen LogP contribution >= 0.6 is 0 Å². The summed E-state index contributed by atoms with van der Waals surface area (Å²) in [6.07, 6.45) is 5.27. The largest absolute Gasteiger partial charge is 0.332 e. The quantitative estimate of drug-likeness (QED) is 0.684. The van der Waals surface area contributed by atoms with Crippen LogP contribution in [-0.2, 0) is 18.1 Å². The molecule has 1 heterocycles. The Bertz CT molecular complexity index is 255. The van der Waals surface area contributed by atoms with Gasteiger partial charge >= 0.3 is 0 Å². The molecule has 0 unspecified atom stereocenters. The van der Waals surface area contributed by atoms with Crippen molar-refractivity contribution >= 4 is 0 Å². The molecule has 0 saturated heterocycles. The lowest BCUT2D eigenvalue weighted by molar-refractivity contribution is 0.179. The third-order valence-corrected chi connectivity index (χ3v) is 2.07. The van der Waals surface area contributed by atoms with Crippen molar-refractivity contribution in [3.8, 4) is 0 Å². The Morgan fingerprint density at radius 1 is 1.54 bits per heavy atom. The molecule has 1 aromatic rings. The van der Waals surface area contributed by atoms with E-state index in [0.29, 0.717) is 6.54 Å². The van der Waals surface area contributed by atoms with Gasteiger partial charge in [0.25, 0.3) is 0 Å². The van der Waals surface area contributed by atoms with Crippen LogP contribution in [0, 0.1) is 6.92 Å². The molecule has 0 amide bonds. The summed E-state index contributed by atoms with van der Waals surface area (Å²) in [6, 6.07) is 0. The summed E-state index contributed by atoms with van der Waals surface area (Å²) in [5.41, 5.74) is 1.01. The molecule has 0 fully saturated rings. The van der Waals surface area contributed by atoms with Gasteiger partial charge in [-0.25, -0.2) is 10.1 Å². The average Bonchev–Trinajstić information content (AvgIpc) is 2.44. The third kappa shape index (κ3) is 2.84. The van der Waals surface area contributed by atoms with E-state index in [-0.39, 0.29) is 6.61 Å². The highest BCUT2D eigenvalue weighted by atomic mass is 16.3. The van der Waals surface area contributed by atoms with Gasteiger partial charge in [0.1, 0.15) is 12.4 Å². The number of aryl methyl sites for hydroxylation is 2. The highest BCUT2D eigenvalue weighted by molar-refractivity contribution is 5.02. The average molecular weight is 181 g/mol. The van der Waals surface area contributed by atoms with E-state index in [1.165, 1.54) is 6.42 Å². The van der Waals surface area contributed by atoms with E-state index in [4.69, 9.17) is 0 Å². The van der Waals surface area contributed by atoms with Gasteiger partial charge in [-0.15, -0.1) is 0 Å². The van der Waals surface area contributed by atoms with Gasteiger partial charge in [0.15, 0.2) is 0 Å². The molecule has 0 saturated carbocycles. The number of imidazole rings is 1. The van der Waals surface area contributed by atoms with E-state index in [9.17, 15) is 5.11 Å². The molecule has 13 heavy (non-hydrogen) atoms. The Morgan fingerprint density at radius 2 is 2.31 bits per heavy atom. The minimum absolute atomic E-state index is 0.0606. The molecule has 3 heteroatoms.